The van der Waals surface area contributed by atoms with Crippen LogP contribution in [0.2, 0.25) is 0 Å². The predicted molar refractivity (Wildman–Crippen MR) is 80.6 cm³/mol. The molecule has 5 heteroatoms. The normalized spacial score (nSPS) is 27.2. The molecule has 110 valence electrons. The van der Waals surface area contributed by atoms with E-state index in [1.807, 2.05) is 11.4 Å². The summed E-state index contributed by atoms with van der Waals surface area (Å²) < 4.78 is 5.30. The maximum atomic E-state index is 12.8. The maximum Gasteiger partial charge on any atom is 0.268 e. The lowest BCUT2D eigenvalue weighted by Gasteiger charge is -2.33. The van der Waals surface area contributed by atoms with Crippen LogP contribution in [0.25, 0.3) is 0 Å². The SMILES string of the molecule is COc1ccsc1C(=O)N1CCC[C@@H]1[C@@H]1CCCN1C. The van der Waals surface area contributed by atoms with Crippen molar-refractivity contribution in [1.29, 1.82) is 0 Å². The number of hydrogen-bond acceptors (Lipinski definition) is 4. The topological polar surface area (TPSA) is 32.8 Å². The predicted octanol–water partition coefficient (Wildman–Crippen LogP) is 2.46. The first-order valence-corrected chi connectivity index (χ1v) is 8.23. The van der Waals surface area contributed by atoms with Gasteiger partial charge in [0.05, 0.1) is 7.11 Å². The zero-order chi connectivity index (χ0) is 14.1. The summed E-state index contributed by atoms with van der Waals surface area (Å²) in [6.45, 7) is 2.04. The number of rotatable bonds is 3. The van der Waals surface area contributed by atoms with Crippen molar-refractivity contribution in [2.45, 2.75) is 37.8 Å². The first-order valence-electron chi connectivity index (χ1n) is 7.35. The van der Waals surface area contributed by atoms with Crippen LogP contribution in [0.15, 0.2) is 11.4 Å². The third-order valence-electron chi connectivity index (χ3n) is 4.62. The van der Waals surface area contributed by atoms with Crippen LogP contribution >= 0.6 is 11.3 Å². The van der Waals surface area contributed by atoms with Crippen molar-refractivity contribution in [1.82, 2.24) is 9.80 Å². The lowest BCUT2D eigenvalue weighted by molar-refractivity contribution is 0.0666. The van der Waals surface area contributed by atoms with E-state index in [1.54, 1.807) is 7.11 Å². The molecule has 2 aliphatic heterocycles. The second-order valence-electron chi connectivity index (χ2n) is 5.72. The lowest BCUT2D eigenvalue weighted by atomic mass is 10.0. The van der Waals surface area contributed by atoms with Crippen LogP contribution in [0.5, 0.6) is 5.75 Å². The summed E-state index contributed by atoms with van der Waals surface area (Å²) in [7, 11) is 3.81. The van der Waals surface area contributed by atoms with Crippen LogP contribution in [-0.4, -0.2) is 55.0 Å². The van der Waals surface area contributed by atoms with E-state index >= 15 is 0 Å². The van der Waals surface area contributed by atoms with E-state index in [2.05, 4.69) is 16.8 Å². The highest BCUT2D eigenvalue weighted by Crippen LogP contribution is 2.33. The third kappa shape index (κ3) is 2.33. The summed E-state index contributed by atoms with van der Waals surface area (Å²) in [6.07, 6.45) is 4.72. The number of nitrogens with zero attached hydrogens (tertiary/aromatic N) is 2. The van der Waals surface area contributed by atoms with E-state index in [-0.39, 0.29) is 5.91 Å². The van der Waals surface area contributed by atoms with Crippen molar-refractivity contribution >= 4 is 17.2 Å². The molecule has 0 spiro atoms. The summed E-state index contributed by atoms with van der Waals surface area (Å²) in [5.74, 6) is 0.866. The van der Waals surface area contributed by atoms with Crippen molar-refractivity contribution in [3.63, 3.8) is 0 Å². The molecule has 0 bridgehead atoms. The highest BCUT2D eigenvalue weighted by atomic mass is 32.1. The molecule has 2 aliphatic rings. The minimum absolute atomic E-state index is 0.152. The van der Waals surface area contributed by atoms with Gasteiger partial charge in [0.15, 0.2) is 0 Å². The van der Waals surface area contributed by atoms with Crippen LogP contribution in [0.4, 0.5) is 0 Å². The van der Waals surface area contributed by atoms with Crippen molar-refractivity contribution in [3.05, 3.63) is 16.3 Å². The monoisotopic (exact) mass is 294 g/mol. The van der Waals surface area contributed by atoms with E-state index in [0.717, 1.165) is 30.8 Å². The molecule has 0 aliphatic carbocycles. The molecule has 1 amide bonds. The van der Waals surface area contributed by atoms with Gasteiger partial charge in [-0.25, -0.2) is 0 Å². The molecular formula is C15H22N2O2S. The minimum Gasteiger partial charge on any atom is -0.495 e. The molecule has 0 radical (unpaired) electrons. The van der Waals surface area contributed by atoms with Crippen molar-refractivity contribution < 1.29 is 9.53 Å². The van der Waals surface area contributed by atoms with Gasteiger partial charge in [0.2, 0.25) is 0 Å². The smallest absolute Gasteiger partial charge is 0.268 e. The molecular weight excluding hydrogens is 272 g/mol. The van der Waals surface area contributed by atoms with E-state index in [0.29, 0.717) is 17.8 Å². The Labute approximate surface area is 124 Å². The number of methoxy groups -OCH3 is 1. The van der Waals surface area contributed by atoms with Gasteiger partial charge in [-0.1, -0.05) is 0 Å². The van der Waals surface area contributed by atoms with Gasteiger partial charge in [-0.2, -0.15) is 0 Å². The number of carbonyl (C=O) groups excluding carboxylic acids is 1. The Kier molecular flexibility index (Phi) is 3.98. The number of likely N-dealkylation sites (N-methyl/N-ethyl adjacent to an activating group) is 1. The molecule has 0 unspecified atom stereocenters. The maximum absolute atomic E-state index is 12.8. The number of hydrogen-bond donors (Lipinski definition) is 0. The Hall–Kier alpha value is -1.07. The Morgan fingerprint density at radius 2 is 2.05 bits per heavy atom. The Bertz CT molecular complexity index is 488. The van der Waals surface area contributed by atoms with Gasteiger partial charge >= 0.3 is 0 Å². The van der Waals surface area contributed by atoms with Crippen LogP contribution in [-0.2, 0) is 0 Å². The summed E-state index contributed by atoms with van der Waals surface area (Å²) in [4.78, 5) is 18.1. The molecule has 0 aromatic carbocycles. The molecule has 2 atom stereocenters. The number of carbonyl (C=O) groups is 1. The second-order valence-corrected chi connectivity index (χ2v) is 6.63. The molecule has 2 fully saturated rings. The largest absolute Gasteiger partial charge is 0.495 e. The van der Waals surface area contributed by atoms with Gasteiger partial charge in [0.25, 0.3) is 5.91 Å². The number of thiophene rings is 1. The summed E-state index contributed by atoms with van der Waals surface area (Å²) in [5, 5.41) is 1.93. The Morgan fingerprint density at radius 1 is 1.30 bits per heavy atom. The summed E-state index contributed by atoms with van der Waals surface area (Å²) in [5.41, 5.74) is 0. The highest BCUT2D eigenvalue weighted by Gasteiger charge is 2.39. The van der Waals surface area contributed by atoms with Gasteiger partial charge in [-0.05, 0) is 50.7 Å². The number of amides is 1. The third-order valence-corrected chi connectivity index (χ3v) is 5.51. The summed E-state index contributed by atoms with van der Waals surface area (Å²) >= 11 is 1.48. The number of ether oxygens (including phenoxy) is 1. The molecule has 1 aromatic heterocycles. The fourth-order valence-electron chi connectivity index (χ4n) is 3.61. The van der Waals surface area contributed by atoms with Crippen LogP contribution in [0, 0.1) is 0 Å². The average Bonchev–Trinajstić information content (AvgIpc) is 3.17. The van der Waals surface area contributed by atoms with Gasteiger partial charge in [-0.15, -0.1) is 11.3 Å². The zero-order valence-electron chi connectivity index (χ0n) is 12.2. The standard InChI is InChI=1S/C15H22N2O2S/c1-16-8-3-5-11(16)12-6-4-9-17(12)15(18)14-13(19-2)7-10-20-14/h7,10-12H,3-6,8-9H2,1-2H3/t11-,12+/m0/s1. The number of likely N-dealkylation sites (tertiary alicyclic amines) is 2. The average molecular weight is 294 g/mol. The molecule has 0 N–H and O–H groups in total. The van der Waals surface area contributed by atoms with Crippen LogP contribution < -0.4 is 4.74 Å². The van der Waals surface area contributed by atoms with E-state index in [9.17, 15) is 4.79 Å². The Balaban J connectivity index is 1.80. The Morgan fingerprint density at radius 3 is 2.75 bits per heavy atom. The van der Waals surface area contributed by atoms with Gasteiger partial charge in [0.1, 0.15) is 10.6 Å². The molecule has 20 heavy (non-hydrogen) atoms. The molecule has 3 rings (SSSR count). The molecule has 3 heterocycles. The fraction of sp³-hybridized carbons (Fsp3) is 0.667. The van der Waals surface area contributed by atoms with E-state index in [1.165, 1.54) is 24.2 Å². The van der Waals surface area contributed by atoms with Crippen LogP contribution in [0.1, 0.15) is 35.4 Å². The molecule has 1 aromatic rings. The van der Waals surface area contributed by atoms with Gasteiger partial charge in [-0.3, -0.25) is 4.79 Å². The van der Waals surface area contributed by atoms with Gasteiger partial charge in [0, 0.05) is 18.6 Å². The summed E-state index contributed by atoms with van der Waals surface area (Å²) in [6, 6.07) is 2.79. The minimum atomic E-state index is 0.152. The second kappa shape index (κ2) is 5.74. The van der Waals surface area contributed by atoms with Gasteiger partial charge < -0.3 is 14.5 Å². The first kappa shape index (κ1) is 13.9. The fourth-order valence-corrected chi connectivity index (χ4v) is 4.42. The van der Waals surface area contributed by atoms with Crippen molar-refractivity contribution in [3.8, 4) is 5.75 Å². The van der Waals surface area contributed by atoms with Crippen molar-refractivity contribution in [2.75, 3.05) is 27.2 Å². The molecule has 0 saturated carbocycles. The zero-order valence-corrected chi connectivity index (χ0v) is 13.0. The molecule has 4 nitrogen and oxygen atoms in total. The quantitative estimate of drug-likeness (QED) is 0.858. The molecule has 2 saturated heterocycles. The highest BCUT2D eigenvalue weighted by molar-refractivity contribution is 7.12. The van der Waals surface area contributed by atoms with E-state index in [4.69, 9.17) is 4.74 Å². The van der Waals surface area contributed by atoms with E-state index < -0.39 is 0 Å². The van der Waals surface area contributed by atoms with Crippen molar-refractivity contribution in [2.24, 2.45) is 0 Å². The first-order chi connectivity index (χ1) is 9.72. The lowest BCUT2D eigenvalue weighted by Crippen LogP contribution is -2.47. The van der Waals surface area contributed by atoms with Crippen LogP contribution in [0.3, 0.4) is 0 Å².